The predicted molar refractivity (Wildman–Crippen MR) is 208 cm³/mol. The second-order valence-electron chi connectivity index (χ2n) is 17.9. The van der Waals surface area contributed by atoms with Gasteiger partial charge in [-0.1, -0.05) is 85.8 Å². The van der Waals surface area contributed by atoms with E-state index in [0.717, 1.165) is 17.5 Å². The van der Waals surface area contributed by atoms with Gasteiger partial charge in [0.15, 0.2) is 6.10 Å². The zero-order valence-corrected chi connectivity index (χ0v) is 36.0. The summed E-state index contributed by atoms with van der Waals surface area (Å²) in [5.74, 6) is 0.280. The van der Waals surface area contributed by atoms with Crippen LogP contribution in [0, 0.1) is 48.3 Å². The molecule has 0 spiro atoms. The van der Waals surface area contributed by atoms with Crippen molar-refractivity contribution in [3.05, 3.63) is 53.1 Å². The summed E-state index contributed by atoms with van der Waals surface area (Å²) in [5, 5.41) is 0. The van der Waals surface area contributed by atoms with E-state index in [2.05, 4.69) is 106 Å². The van der Waals surface area contributed by atoms with Crippen molar-refractivity contribution in [2.75, 3.05) is 0 Å². The third-order valence-corrected chi connectivity index (χ3v) is 13.0. The van der Waals surface area contributed by atoms with Crippen LogP contribution in [0.4, 0.5) is 0 Å². The van der Waals surface area contributed by atoms with E-state index in [9.17, 15) is 9.59 Å². The normalized spacial score (nSPS) is 30.5. The van der Waals surface area contributed by atoms with Crippen molar-refractivity contribution in [1.82, 2.24) is 0 Å². The molecule has 51 heavy (non-hydrogen) atoms. The van der Waals surface area contributed by atoms with Crippen molar-refractivity contribution >= 4 is 30.0 Å². The summed E-state index contributed by atoms with van der Waals surface area (Å²) in [6.45, 7) is 30.1. The number of carbonyl (C=O) groups excluding carboxylic acids is 2. The van der Waals surface area contributed by atoms with Crippen molar-refractivity contribution in [2.24, 2.45) is 34.5 Å². The maximum atomic E-state index is 14.2. The van der Waals surface area contributed by atoms with Gasteiger partial charge in [0.05, 0.1) is 5.60 Å². The highest BCUT2D eigenvalue weighted by Crippen LogP contribution is 2.53. The van der Waals surface area contributed by atoms with Crippen LogP contribution < -0.4 is 4.74 Å². The fourth-order valence-electron chi connectivity index (χ4n) is 8.29. The largest absolute Gasteiger partial charge is 0.478 e. The summed E-state index contributed by atoms with van der Waals surface area (Å²) >= 11 is 0. The van der Waals surface area contributed by atoms with Crippen LogP contribution in [0.2, 0.25) is 26.2 Å². The van der Waals surface area contributed by atoms with E-state index < -0.39 is 42.0 Å². The van der Waals surface area contributed by atoms with Gasteiger partial charge in [-0.05, 0) is 112 Å². The van der Waals surface area contributed by atoms with E-state index in [4.69, 9.17) is 23.1 Å². The molecule has 9 atom stereocenters. The van der Waals surface area contributed by atoms with Crippen LogP contribution in [0.1, 0.15) is 98.6 Å². The number of fused-ring (bicyclic) bond motifs is 1. The molecule has 1 aromatic rings. The van der Waals surface area contributed by atoms with Gasteiger partial charge in [-0.2, -0.15) is 0 Å². The minimum Gasteiger partial charge on any atom is -0.478 e. The molecule has 3 aliphatic rings. The molecule has 1 saturated heterocycles. The van der Waals surface area contributed by atoms with E-state index in [1.54, 1.807) is 0 Å². The lowest BCUT2D eigenvalue weighted by atomic mass is 9.59. The molecular weight excluding hydrogens is 673 g/mol. The van der Waals surface area contributed by atoms with E-state index in [1.807, 2.05) is 26.0 Å². The molecule has 7 nitrogen and oxygen atoms in total. The molecule has 1 aromatic carbocycles. The molecule has 0 N–H and O–H groups in total. The highest BCUT2D eigenvalue weighted by molar-refractivity contribution is 6.49. The van der Waals surface area contributed by atoms with Crippen LogP contribution in [0.3, 0.4) is 0 Å². The molecule has 4 rings (SSSR count). The van der Waals surface area contributed by atoms with Gasteiger partial charge in [0.25, 0.3) is 0 Å². The van der Waals surface area contributed by atoms with E-state index >= 15 is 0 Å². The molecular formula is C42H66O7Si2. The summed E-state index contributed by atoms with van der Waals surface area (Å²) in [6.07, 6.45) is 8.29. The maximum absolute atomic E-state index is 14.2. The van der Waals surface area contributed by atoms with Crippen LogP contribution >= 0.6 is 0 Å². The second-order valence-corrected chi connectivity index (χ2v) is 22.0. The summed E-state index contributed by atoms with van der Waals surface area (Å²) in [5.41, 5.74) is 2.54. The number of ether oxygens (including phenoxy) is 3. The van der Waals surface area contributed by atoms with Crippen molar-refractivity contribution in [3.63, 3.8) is 0 Å². The van der Waals surface area contributed by atoms with Crippen molar-refractivity contribution in [1.29, 1.82) is 0 Å². The molecule has 9 heteroatoms. The first-order valence-electron chi connectivity index (χ1n) is 19.2. The van der Waals surface area contributed by atoms with Crippen molar-refractivity contribution in [2.45, 2.75) is 158 Å². The van der Waals surface area contributed by atoms with Crippen LogP contribution in [-0.2, 0) is 27.9 Å². The van der Waals surface area contributed by atoms with Gasteiger partial charge in [-0.25, -0.2) is 9.59 Å². The number of benzene rings is 1. The standard InChI is InChI=1S/C42H66O7Si2/c1-15-33(46-34-18-16-17-26(2)28(34)4)38(43)47-35-24-30(40(5,6)7)23-29-20-19-27(3)42(36(29)35,49-51(13)14)22-21-31-25-32(41(8,9)10)37(39(44)45-31)48-50(11)12/h16-20,23,27,30-33,35-37H,15,21-22,24-25H2,1-14H3/t27-,30+,31+,32-,33?,35-,36+,37?,42-/m0/s1. The summed E-state index contributed by atoms with van der Waals surface area (Å²) in [7, 11) is -2.29. The van der Waals surface area contributed by atoms with Crippen LogP contribution in [-0.4, -0.2) is 60.0 Å². The Bertz CT molecular complexity index is 1440. The molecule has 0 bridgehead atoms. The average Bonchev–Trinajstić information content (AvgIpc) is 3.01. The summed E-state index contributed by atoms with van der Waals surface area (Å²) in [4.78, 5) is 27.7. The van der Waals surface area contributed by atoms with E-state index in [0.29, 0.717) is 31.4 Å². The summed E-state index contributed by atoms with van der Waals surface area (Å²) in [6, 6.07) is 5.94. The lowest BCUT2D eigenvalue weighted by Crippen LogP contribution is -2.58. The second kappa shape index (κ2) is 16.4. The fraction of sp³-hybridized carbons (Fsp3) is 0.714. The van der Waals surface area contributed by atoms with Crippen molar-refractivity contribution in [3.8, 4) is 5.75 Å². The zero-order valence-electron chi connectivity index (χ0n) is 34.0. The lowest BCUT2D eigenvalue weighted by Gasteiger charge is -2.54. The van der Waals surface area contributed by atoms with Crippen LogP contribution in [0.25, 0.3) is 0 Å². The smallest absolute Gasteiger partial charge is 0.347 e. The predicted octanol–water partition coefficient (Wildman–Crippen LogP) is 9.59. The average molecular weight is 739 g/mol. The first kappa shape index (κ1) is 41.5. The molecule has 284 valence electrons. The Kier molecular flexibility index (Phi) is 13.4. The van der Waals surface area contributed by atoms with Gasteiger partial charge in [0.2, 0.25) is 18.1 Å². The first-order chi connectivity index (χ1) is 23.7. The zero-order chi connectivity index (χ0) is 38.1. The molecule has 1 heterocycles. The molecule has 1 aliphatic heterocycles. The first-order valence-corrected chi connectivity index (χ1v) is 24.0. The molecule has 2 unspecified atom stereocenters. The minimum atomic E-state index is -1.20. The topological polar surface area (TPSA) is 80.3 Å². The maximum Gasteiger partial charge on any atom is 0.347 e. The van der Waals surface area contributed by atoms with E-state index in [1.165, 1.54) is 5.57 Å². The quantitative estimate of drug-likeness (QED) is 0.156. The Morgan fingerprint density at radius 3 is 2.29 bits per heavy atom. The molecule has 0 aromatic heterocycles. The molecule has 0 amide bonds. The number of allylic oxidation sites excluding steroid dienone is 2. The Labute approximate surface area is 312 Å². The highest BCUT2D eigenvalue weighted by atomic mass is 28.3. The molecule has 2 radical (unpaired) electrons. The fourth-order valence-corrected chi connectivity index (χ4v) is 10.2. The Morgan fingerprint density at radius 2 is 1.71 bits per heavy atom. The SMILES string of the molecule is CCC(Oc1cccc(C)c1C)C(=O)O[C@H]1C[C@H](C(C)(C)C)C=C2C=C[C@H](C)[C@](CC[C@@H]3C[C@H](C(C)(C)C)C(O[Si](C)C)C(=O)O3)(O[Si](C)C)[C@H]21. The van der Waals surface area contributed by atoms with Gasteiger partial charge < -0.3 is 23.1 Å². The van der Waals surface area contributed by atoms with E-state index in [-0.39, 0.29) is 52.5 Å². The molecule has 1 fully saturated rings. The number of hydrogen-bond acceptors (Lipinski definition) is 7. The number of carbonyl (C=O) groups is 2. The molecule has 0 saturated carbocycles. The number of esters is 2. The third-order valence-electron chi connectivity index (χ3n) is 11.4. The van der Waals surface area contributed by atoms with Gasteiger partial charge in [-0.15, -0.1) is 0 Å². The Balaban J connectivity index is 1.70. The summed E-state index contributed by atoms with van der Waals surface area (Å²) < 4.78 is 32.7. The minimum absolute atomic E-state index is 0.0260. The van der Waals surface area contributed by atoms with Gasteiger partial charge in [-0.3, -0.25) is 0 Å². The number of cyclic esters (lactones) is 1. The van der Waals surface area contributed by atoms with Gasteiger partial charge >= 0.3 is 11.9 Å². The molecule has 2 aliphatic carbocycles. The van der Waals surface area contributed by atoms with Crippen LogP contribution in [0.5, 0.6) is 5.75 Å². The Morgan fingerprint density at radius 1 is 1.02 bits per heavy atom. The van der Waals surface area contributed by atoms with Crippen LogP contribution in [0.15, 0.2) is 42.0 Å². The monoisotopic (exact) mass is 738 g/mol. The van der Waals surface area contributed by atoms with Gasteiger partial charge in [0, 0.05) is 17.8 Å². The number of aryl methyl sites for hydroxylation is 1. The Hall–Kier alpha value is -2.21. The number of hydrogen-bond donors (Lipinski definition) is 0. The third kappa shape index (κ3) is 9.67. The van der Waals surface area contributed by atoms with Crippen molar-refractivity contribution < 1.29 is 32.7 Å². The number of rotatable bonds is 12. The highest BCUT2D eigenvalue weighted by Gasteiger charge is 2.55. The van der Waals surface area contributed by atoms with Gasteiger partial charge in [0.1, 0.15) is 24.1 Å². The lowest BCUT2D eigenvalue weighted by molar-refractivity contribution is -0.180.